The minimum absolute atomic E-state index is 0.0630. The largest absolute Gasteiger partial charge is 0.489 e. The van der Waals surface area contributed by atoms with Gasteiger partial charge in [0.2, 0.25) is 0 Å². The van der Waals surface area contributed by atoms with E-state index in [9.17, 15) is 4.79 Å². The van der Waals surface area contributed by atoms with Gasteiger partial charge in [0.25, 0.3) is 5.91 Å². The van der Waals surface area contributed by atoms with E-state index >= 15 is 0 Å². The molecule has 0 aliphatic heterocycles. The Kier molecular flexibility index (Phi) is 7.59. The number of hydrogen-bond donors (Lipinski definition) is 0. The van der Waals surface area contributed by atoms with E-state index in [1.807, 2.05) is 66.7 Å². The fourth-order valence-corrected chi connectivity index (χ4v) is 2.97. The molecule has 0 bridgehead atoms. The van der Waals surface area contributed by atoms with Crippen molar-refractivity contribution < 1.29 is 14.3 Å². The van der Waals surface area contributed by atoms with Crippen molar-refractivity contribution in [2.24, 2.45) is 0 Å². The minimum atomic E-state index is -0.0630. The molecule has 5 nitrogen and oxygen atoms in total. The summed E-state index contributed by atoms with van der Waals surface area (Å²) in [5.41, 5.74) is 3.17. The second-order valence-electron chi connectivity index (χ2n) is 6.83. The Morgan fingerprint density at radius 1 is 0.933 bits per heavy atom. The van der Waals surface area contributed by atoms with Crippen LogP contribution in [0.2, 0.25) is 0 Å². The van der Waals surface area contributed by atoms with E-state index in [0.29, 0.717) is 37.4 Å². The molecule has 0 unspecified atom stereocenters. The summed E-state index contributed by atoms with van der Waals surface area (Å²) in [4.78, 5) is 14.8. The lowest BCUT2D eigenvalue weighted by Crippen LogP contribution is -2.33. The van der Waals surface area contributed by atoms with Gasteiger partial charge in [-0.2, -0.15) is 5.26 Å². The Labute approximate surface area is 177 Å². The molecule has 0 aliphatic rings. The number of amides is 1. The fraction of sp³-hybridized carbons (Fsp3) is 0.200. The van der Waals surface area contributed by atoms with E-state index in [4.69, 9.17) is 14.7 Å². The zero-order valence-electron chi connectivity index (χ0n) is 17.0. The van der Waals surface area contributed by atoms with Gasteiger partial charge in [0.05, 0.1) is 18.2 Å². The Morgan fingerprint density at radius 3 is 2.23 bits per heavy atom. The van der Waals surface area contributed by atoms with Gasteiger partial charge in [-0.25, -0.2) is 0 Å². The summed E-state index contributed by atoms with van der Waals surface area (Å²) in [5, 5.41) is 8.95. The number of nitrogens with zero attached hydrogens (tertiary/aromatic N) is 2. The van der Waals surface area contributed by atoms with Crippen LogP contribution < -0.4 is 4.74 Å². The highest BCUT2D eigenvalue weighted by molar-refractivity contribution is 5.94. The fourth-order valence-electron chi connectivity index (χ4n) is 2.97. The predicted octanol–water partition coefficient (Wildman–Crippen LogP) is 4.43. The minimum Gasteiger partial charge on any atom is -0.489 e. The number of hydrogen-bond acceptors (Lipinski definition) is 4. The third kappa shape index (κ3) is 5.94. The highest BCUT2D eigenvalue weighted by Crippen LogP contribution is 2.15. The number of benzene rings is 3. The molecule has 0 heterocycles. The summed E-state index contributed by atoms with van der Waals surface area (Å²) in [5.74, 6) is 0.748. The van der Waals surface area contributed by atoms with Crippen LogP contribution in [0.5, 0.6) is 5.75 Å². The monoisotopic (exact) mass is 400 g/mol. The van der Waals surface area contributed by atoms with Crippen molar-refractivity contribution in [1.29, 1.82) is 5.26 Å². The van der Waals surface area contributed by atoms with Crippen molar-refractivity contribution in [1.82, 2.24) is 4.90 Å². The van der Waals surface area contributed by atoms with E-state index in [2.05, 4.69) is 6.07 Å². The zero-order valence-corrected chi connectivity index (χ0v) is 17.0. The molecule has 0 aliphatic carbocycles. The standard InChI is InChI=1S/C25H24N2O3/c1-29-16-15-27(18-21-9-7-20(17-26)8-10-21)25(28)23-13-11-22(12-14-23)19-30-24-5-3-2-4-6-24/h2-14H,15-16,18-19H2,1H3. The van der Waals surface area contributed by atoms with Crippen LogP contribution in [0.1, 0.15) is 27.0 Å². The molecule has 30 heavy (non-hydrogen) atoms. The maximum atomic E-state index is 13.1. The Bertz CT molecular complexity index is 978. The maximum Gasteiger partial charge on any atom is 0.254 e. The van der Waals surface area contributed by atoms with Crippen molar-refractivity contribution in [3.05, 3.63) is 101 Å². The molecule has 3 rings (SSSR count). The molecule has 0 aromatic heterocycles. The van der Waals surface area contributed by atoms with Crippen LogP contribution >= 0.6 is 0 Å². The van der Waals surface area contributed by atoms with E-state index in [0.717, 1.165) is 16.9 Å². The lowest BCUT2D eigenvalue weighted by Gasteiger charge is -2.23. The summed E-state index contributed by atoms with van der Waals surface area (Å²) in [6.45, 7) is 1.82. The Hall–Kier alpha value is -3.62. The second-order valence-corrected chi connectivity index (χ2v) is 6.83. The number of rotatable bonds is 9. The maximum absolute atomic E-state index is 13.1. The molecule has 0 spiro atoms. The van der Waals surface area contributed by atoms with Gasteiger partial charge < -0.3 is 14.4 Å². The first-order valence-corrected chi connectivity index (χ1v) is 9.73. The number of carbonyl (C=O) groups is 1. The van der Waals surface area contributed by atoms with E-state index in [1.54, 1.807) is 24.1 Å². The van der Waals surface area contributed by atoms with Crippen molar-refractivity contribution in [3.63, 3.8) is 0 Å². The van der Waals surface area contributed by atoms with E-state index in [-0.39, 0.29) is 5.91 Å². The van der Waals surface area contributed by atoms with Crippen LogP contribution in [0.25, 0.3) is 0 Å². The second kappa shape index (κ2) is 10.8. The van der Waals surface area contributed by atoms with Crippen LogP contribution in [-0.4, -0.2) is 31.1 Å². The van der Waals surface area contributed by atoms with Gasteiger partial charge in [-0.1, -0.05) is 42.5 Å². The van der Waals surface area contributed by atoms with Gasteiger partial charge in [-0.3, -0.25) is 4.79 Å². The molecule has 0 saturated carbocycles. The molecule has 3 aromatic carbocycles. The molecule has 0 N–H and O–H groups in total. The molecule has 0 fully saturated rings. The van der Waals surface area contributed by atoms with Crippen LogP contribution in [-0.2, 0) is 17.9 Å². The number of methoxy groups -OCH3 is 1. The van der Waals surface area contributed by atoms with Gasteiger partial charge in [-0.15, -0.1) is 0 Å². The van der Waals surface area contributed by atoms with Crippen LogP contribution in [0, 0.1) is 11.3 Å². The van der Waals surface area contributed by atoms with Crippen LogP contribution in [0.3, 0.4) is 0 Å². The summed E-state index contributed by atoms with van der Waals surface area (Å²) >= 11 is 0. The molecule has 1 amide bonds. The summed E-state index contributed by atoms with van der Waals surface area (Å²) in [6.07, 6.45) is 0. The summed E-state index contributed by atoms with van der Waals surface area (Å²) < 4.78 is 10.9. The van der Waals surface area contributed by atoms with Gasteiger partial charge in [0.1, 0.15) is 12.4 Å². The first-order chi connectivity index (χ1) is 14.7. The van der Waals surface area contributed by atoms with Crippen molar-refractivity contribution in [2.45, 2.75) is 13.2 Å². The molecule has 5 heteroatoms. The number of para-hydroxylation sites is 1. The number of ether oxygens (including phenoxy) is 2. The Morgan fingerprint density at radius 2 is 1.60 bits per heavy atom. The first-order valence-electron chi connectivity index (χ1n) is 9.73. The predicted molar refractivity (Wildman–Crippen MR) is 115 cm³/mol. The van der Waals surface area contributed by atoms with E-state index < -0.39 is 0 Å². The summed E-state index contributed by atoms with van der Waals surface area (Å²) in [7, 11) is 1.62. The SMILES string of the molecule is COCCN(Cc1ccc(C#N)cc1)C(=O)c1ccc(COc2ccccc2)cc1. The average Bonchev–Trinajstić information content (AvgIpc) is 2.81. The average molecular weight is 400 g/mol. The zero-order chi connectivity index (χ0) is 21.2. The van der Waals surface area contributed by atoms with Crippen LogP contribution in [0.4, 0.5) is 0 Å². The highest BCUT2D eigenvalue weighted by atomic mass is 16.5. The normalized spacial score (nSPS) is 10.3. The molecular weight excluding hydrogens is 376 g/mol. The molecule has 0 atom stereocenters. The smallest absolute Gasteiger partial charge is 0.254 e. The van der Waals surface area contributed by atoms with Gasteiger partial charge in [-0.05, 0) is 47.5 Å². The third-order valence-corrected chi connectivity index (χ3v) is 4.66. The quantitative estimate of drug-likeness (QED) is 0.533. The van der Waals surface area contributed by atoms with Crippen molar-refractivity contribution in [3.8, 4) is 11.8 Å². The van der Waals surface area contributed by atoms with Crippen molar-refractivity contribution in [2.75, 3.05) is 20.3 Å². The molecule has 3 aromatic rings. The number of carbonyl (C=O) groups excluding carboxylic acids is 1. The molecule has 0 saturated heterocycles. The lowest BCUT2D eigenvalue weighted by atomic mass is 10.1. The lowest BCUT2D eigenvalue weighted by molar-refractivity contribution is 0.0680. The van der Waals surface area contributed by atoms with Gasteiger partial charge >= 0.3 is 0 Å². The highest BCUT2D eigenvalue weighted by Gasteiger charge is 2.16. The molecule has 152 valence electrons. The van der Waals surface area contributed by atoms with Crippen LogP contribution in [0.15, 0.2) is 78.9 Å². The van der Waals surface area contributed by atoms with Gasteiger partial charge in [0.15, 0.2) is 0 Å². The third-order valence-electron chi connectivity index (χ3n) is 4.66. The van der Waals surface area contributed by atoms with E-state index in [1.165, 1.54) is 0 Å². The number of nitriles is 1. The Balaban J connectivity index is 1.66. The first kappa shape index (κ1) is 21.1. The van der Waals surface area contributed by atoms with Crippen molar-refractivity contribution >= 4 is 5.91 Å². The molecular formula is C25H24N2O3. The van der Waals surface area contributed by atoms with Gasteiger partial charge in [0, 0.05) is 25.8 Å². The topological polar surface area (TPSA) is 62.6 Å². The molecule has 0 radical (unpaired) electrons. The summed E-state index contributed by atoms with van der Waals surface area (Å²) in [6, 6.07) is 26.5.